The maximum absolute atomic E-state index is 12.9. The maximum Gasteiger partial charge on any atom is 0.320 e. The number of likely N-dealkylation sites (N-methyl/N-ethyl adjacent to an activating group) is 1. The monoisotopic (exact) mass is 372 g/mol. The van der Waals surface area contributed by atoms with Crippen molar-refractivity contribution in [1.82, 2.24) is 19.7 Å². The maximum atomic E-state index is 12.9. The molecule has 0 unspecified atom stereocenters. The van der Waals surface area contributed by atoms with Gasteiger partial charge in [0, 0.05) is 58.3 Å². The topological polar surface area (TPSA) is 66.0 Å². The number of carbonyl (C=O) groups excluding carboxylic acids is 2. The fourth-order valence-corrected chi connectivity index (χ4v) is 4.83. The zero-order valence-electron chi connectivity index (χ0n) is 16.0. The molecule has 1 aromatic heterocycles. The Morgan fingerprint density at radius 1 is 1.30 bits per heavy atom. The minimum atomic E-state index is -0.0867. The predicted octanol–water partition coefficient (Wildman–Crippen LogP) is 1.53. The van der Waals surface area contributed by atoms with Crippen molar-refractivity contribution >= 4 is 11.9 Å². The van der Waals surface area contributed by atoms with E-state index in [0.29, 0.717) is 19.5 Å². The standard InChI is InChI=1S/C20H28N4O3/c1-22-15-20(6-11-27-12-7-20)24(19(22)26)17-4-9-23(10-5-17)18(25)13-16-3-2-8-21-14-16/h2-3,8,14,17H,4-7,9-13,15H2,1H3. The SMILES string of the molecule is CN1CC2(CCOCC2)N(C2CCN(C(=O)Cc3cccnc3)CC2)C1=O. The summed E-state index contributed by atoms with van der Waals surface area (Å²) in [6, 6.07) is 4.14. The largest absolute Gasteiger partial charge is 0.381 e. The molecule has 3 aliphatic rings. The van der Waals surface area contributed by atoms with Gasteiger partial charge in [-0.25, -0.2) is 4.79 Å². The van der Waals surface area contributed by atoms with Gasteiger partial charge in [0.25, 0.3) is 0 Å². The first-order chi connectivity index (χ1) is 13.1. The number of pyridine rings is 1. The average molecular weight is 372 g/mol. The average Bonchev–Trinajstić information content (AvgIpc) is 2.92. The lowest BCUT2D eigenvalue weighted by Crippen LogP contribution is -2.57. The number of amides is 3. The van der Waals surface area contributed by atoms with Crippen molar-refractivity contribution in [3.8, 4) is 0 Å². The van der Waals surface area contributed by atoms with Crippen LogP contribution in [0.25, 0.3) is 0 Å². The molecule has 3 aliphatic heterocycles. The Morgan fingerprint density at radius 2 is 2.04 bits per heavy atom. The van der Waals surface area contributed by atoms with Gasteiger partial charge in [0.2, 0.25) is 5.91 Å². The number of hydrogen-bond acceptors (Lipinski definition) is 4. The molecule has 146 valence electrons. The fraction of sp³-hybridized carbons (Fsp3) is 0.650. The summed E-state index contributed by atoms with van der Waals surface area (Å²) in [5.41, 5.74) is 0.860. The van der Waals surface area contributed by atoms with Gasteiger partial charge in [-0.1, -0.05) is 6.07 Å². The summed E-state index contributed by atoms with van der Waals surface area (Å²) in [6.45, 7) is 3.66. The highest BCUT2D eigenvalue weighted by Gasteiger charge is 2.52. The van der Waals surface area contributed by atoms with Gasteiger partial charge in [-0.05, 0) is 37.3 Å². The lowest BCUT2D eigenvalue weighted by atomic mass is 9.86. The van der Waals surface area contributed by atoms with E-state index in [1.54, 1.807) is 12.4 Å². The van der Waals surface area contributed by atoms with E-state index >= 15 is 0 Å². The van der Waals surface area contributed by atoms with E-state index in [0.717, 1.165) is 51.0 Å². The number of nitrogens with zero attached hydrogens (tertiary/aromatic N) is 4. The highest BCUT2D eigenvalue weighted by atomic mass is 16.5. The summed E-state index contributed by atoms with van der Waals surface area (Å²) in [6.07, 6.45) is 7.37. The molecule has 0 radical (unpaired) electrons. The second-order valence-corrected chi connectivity index (χ2v) is 8.00. The molecule has 3 amide bonds. The minimum absolute atomic E-state index is 0.0867. The molecule has 0 bridgehead atoms. The first-order valence-corrected chi connectivity index (χ1v) is 9.88. The summed E-state index contributed by atoms with van der Waals surface area (Å²) < 4.78 is 5.55. The van der Waals surface area contributed by atoms with Crippen molar-refractivity contribution < 1.29 is 14.3 Å². The van der Waals surface area contributed by atoms with Crippen LogP contribution in [-0.2, 0) is 16.0 Å². The van der Waals surface area contributed by atoms with Crippen LogP contribution >= 0.6 is 0 Å². The quantitative estimate of drug-likeness (QED) is 0.807. The normalized spacial score (nSPS) is 23.3. The first kappa shape index (κ1) is 18.2. The van der Waals surface area contributed by atoms with E-state index in [1.165, 1.54) is 0 Å². The van der Waals surface area contributed by atoms with Crippen molar-refractivity contribution in [2.45, 2.75) is 43.7 Å². The van der Waals surface area contributed by atoms with Gasteiger partial charge in [0.15, 0.2) is 0 Å². The number of ether oxygens (including phenoxy) is 1. The Kier molecular flexibility index (Phi) is 5.04. The van der Waals surface area contributed by atoms with Gasteiger partial charge in [-0.2, -0.15) is 0 Å². The number of carbonyl (C=O) groups is 2. The van der Waals surface area contributed by atoms with E-state index in [4.69, 9.17) is 4.74 Å². The molecule has 7 nitrogen and oxygen atoms in total. The van der Waals surface area contributed by atoms with Gasteiger partial charge in [-0.3, -0.25) is 9.78 Å². The molecule has 4 rings (SSSR count). The lowest BCUT2D eigenvalue weighted by Gasteiger charge is -2.46. The van der Waals surface area contributed by atoms with Crippen molar-refractivity contribution in [3.05, 3.63) is 30.1 Å². The summed E-state index contributed by atoms with van der Waals surface area (Å²) in [5.74, 6) is 0.145. The van der Waals surface area contributed by atoms with Crippen LogP contribution in [0.3, 0.4) is 0 Å². The third-order valence-corrected chi connectivity index (χ3v) is 6.26. The van der Waals surface area contributed by atoms with Crippen molar-refractivity contribution in [1.29, 1.82) is 0 Å². The third-order valence-electron chi connectivity index (χ3n) is 6.26. The van der Waals surface area contributed by atoms with Crippen molar-refractivity contribution in [2.24, 2.45) is 0 Å². The van der Waals surface area contributed by atoms with Crippen molar-refractivity contribution in [3.63, 3.8) is 0 Å². The summed E-state index contributed by atoms with van der Waals surface area (Å²) in [5, 5.41) is 0. The highest BCUT2D eigenvalue weighted by Crippen LogP contribution is 2.38. The lowest BCUT2D eigenvalue weighted by molar-refractivity contribution is -0.132. The molecule has 3 fully saturated rings. The zero-order valence-corrected chi connectivity index (χ0v) is 16.0. The van der Waals surface area contributed by atoms with Crippen LogP contribution in [0.2, 0.25) is 0 Å². The Bertz CT molecular complexity index is 682. The van der Waals surface area contributed by atoms with Gasteiger partial charge in [0.1, 0.15) is 0 Å². The number of piperidine rings is 1. The zero-order chi connectivity index (χ0) is 18.9. The predicted molar refractivity (Wildman–Crippen MR) is 100 cm³/mol. The molecule has 1 spiro atoms. The minimum Gasteiger partial charge on any atom is -0.381 e. The molecular weight excluding hydrogens is 344 g/mol. The van der Waals surface area contributed by atoms with E-state index < -0.39 is 0 Å². The van der Waals surface area contributed by atoms with E-state index in [2.05, 4.69) is 9.88 Å². The van der Waals surface area contributed by atoms with Gasteiger partial charge in [0.05, 0.1) is 12.0 Å². The van der Waals surface area contributed by atoms with Crippen LogP contribution in [-0.4, -0.2) is 83.1 Å². The molecular formula is C20H28N4O3. The van der Waals surface area contributed by atoms with E-state index in [1.807, 2.05) is 29.0 Å². The third kappa shape index (κ3) is 3.52. The summed E-state index contributed by atoms with van der Waals surface area (Å²) >= 11 is 0. The Hall–Kier alpha value is -2.15. The molecule has 7 heteroatoms. The molecule has 0 aromatic carbocycles. The van der Waals surface area contributed by atoms with Crippen LogP contribution in [0.1, 0.15) is 31.2 Å². The fourth-order valence-electron chi connectivity index (χ4n) is 4.83. The van der Waals surface area contributed by atoms with Gasteiger partial charge < -0.3 is 19.4 Å². The van der Waals surface area contributed by atoms with Crippen LogP contribution in [0.15, 0.2) is 24.5 Å². The molecule has 4 heterocycles. The molecule has 27 heavy (non-hydrogen) atoms. The van der Waals surface area contributed by atoms with Gasteiger partial charge >= 0.3 is 6.03 Å². The van der Waals surface area contributed by atoms with Crippen LogP contribution in [0.5, 0.6) is 0 Å². The highest BCUT2D eigenvalue weighted by molar-refractivity contribution is 5.79. The van der Waals surface area contributed by atoms with Gasteiger partial charge in [-0.15, -0.1) is 0 Å². The molecule has 0 N–H and O–H groups in total. The van der Waals surface area contributed by atoms with E-state index in [9.17, 15) is 9.59 Å². The molecule has 0 saturated carbocycles. The first-order valence-electron chi connectivity index (χ1n) is 9.88. The molecule has 3 saturated heterocycles. The number of urea groups is 1. The Balaban J connectivity index is 1.39. The second kappa shape index (κ2) is 7.46. The van der Waals surface area contributed by atoms with Crippen molar-refractivity contribution in [2.75, 3.05) is 39.9 Å². The number of rotatable bonds is 3. The number of likely N-dealkylation sites (tertiary alicyclic amines) is 1. The van der Waals surface area contributed by atoms with Crippen LogP contribution < -0.4 is 0 Å². The van der Waals surface area contributed by atoms with Crippen LogP contribution in [0, 0.1) is 0 Å². The number of aromatic nitrogens is 1. The van der Waals surface area contributed by atoms with E-state index in [-0.39, 0.29) is 23.5 Å². The smallest absolute Gasteiger partial charge is 0.320 e. The number of hydrogen-bond donors (Lipinski definition) is 0. The molecule has 0 atom stereocenters. The molecule has 1 aromatic rings. The summed E-state index contributed by atoms with van der Waals surface area (Å²) in [7, 11) is 1.89. The Morgan fingerprint density at radius 3 is 2.70 bits per heavy atom. The Labute approximate surface area is 160 Å². The van der Waals surface area contributed by atoms with Crippen LogP contribution in [0.4, 0.5) is 4.79 Å². The molecule has 0 aliphatic carbocycles. The second-order valence-electron chi connectivity index (χ2n) is 8.00. The summed E-state index contributed by atoms with van der Waals surface area (Å²) in [4.78, 5) is 35.5.